The maximum atomic E-state index is 12.3. The van der Waals surface area contributed by atoms with Gasteiger partial charge in [0.1, 0.15) is 5.75 Å². The second kappa shape index (κ2) is 6.61. The molecule has 0 aliphatic carbocycles. The molecule has 2 aromatic rings. The van der Waals surface area contributed by atoms with Crippen molar-refractivity contribution in [1.82, 2.24) is 0 Å². The standard InChI is InChI=1S/C13H10Cl2N2O5S/c1-22-13-5-3-9(7-11(13)15)23(20,21)16-12-6-8(17(18)19)2-4-10(12)14/h2-7,16H,1H3. The lowest BCUT2D eigenvalue weighted by molar-refractivity contribution is -0.384. The van der Waals surface area contributed by atoms with Crippen LogP contribution in [0.1, 0.15) is 0 Å². The third-order valence-electron chi connectivity index (χ3n) is 2.84. The third-order valence-corrected chi connectivity index (χ3v) is 4.83. The van der Waals surface area contributed by atoms with Gasteiger partial charge in [0.2, 0.25) is 0 Å². The number of nitro benzene ring substituents is 1. The van der Waals surface area contributed by atoms with Gasteiger partial charge in [-0.1, -0.05) is 23.2 Å². The number of hydrogen-bond donors (Lipinski definition) is 1. The van der Waals surface area contributed by atoms with Gasteiger partial charge in [-0.15, -0.1) is 0 Å². The first kappa shape index (κ1) is 17.3. The molecule has 0 saturated carbocycles. The number of anilines is 1. The molecular formula is C13H10Cl2N2O5S. The van der Waals surface area contributed by atoms with Crippen molar-refractivity contribution in [1.29, 1.82) is 0 Å². The van der Waals surface area contributed by atoms with Crippen molar-refractivity contribution in [2.24, 2.45) is 0 Å². The molecule has 2 rings (SSSR count). The minimum Gasteiger partial charge on any atom is -0.495 e. The van der Waals surface area contributed by atoms with Crippen molar-refractivity contribution in [2.45, 2.75) is 4.90 Å². The smallest absolute Gasteiger partial charge is 0.271 e. The van der Waals surface area contributed by atoms with Crippen molar-refractivity contribution < 1.29 is 18.1 Å². The molecule has 0 radical (unpaired) electrons. The van der Waals surface area contributed by atoms with Gasteiger partial charge in [0.25, 0.3) is 15.7 Å². The summed E-state index contributed by atoms with van der Waals surface area (Å²) in [6.07, 6.45) is 0. The van der Waals surface area contributed by atoms with Crippen LogP contribution in [-0.4, -0.2) is 20.5 Å². The molecule has 0 unspecified atom stereocenters. The Kier molecular flexibility index (Phi) is 4.98. The molecule has 23 heavy (non-hydrogen) atoms. The molecule has 122 valence electrons. The fourth-order valence-electron chi connectivity index (χ4n) is 1.72. The van der Waals surface area contributed by atoms with Gasteiger partial charge in [0.05, 0.1) is 32.7 Å². The third kappa shape index (κ3) is 3.84. The molecule has 10 heteroatoms. The van der Waals surface area contributed by atoms with Crippen LogP contribution in [0.2, 0.25) is 10.0 Å². The zero-order valence-electron chi connectivity index (χ0n) is 11.6. The molecule has 0 aromatic heterocycles. The summed E-state index contributed by atoms with van der Waals surface area (Å²) < 4.78 is 31.8. The predicted octanol–water partition coefficient (Wildman–Crippen LogP) is 3.71. The molecule has 0 aliphatic heterocycles. The average molecular weight is 377 g/mol. The number of sulfonamides is 1. The van der Waals surface area contributed by atoms with Crippen LogP contribution in [0.5, 0.6) is 5.75 Å². The van der Waals surface area contributed by atoms with E-state index in [9.17, 15) is 18.5 Å². The Hall–Kier alpha value is -2.03. The van der Waals surface area contributed by atoms with Gasteiger partial charge in [-0.3, -0.25) is 14.8 Å². The highest BCUT2D eigenvalue weighted by atomic mass is 35.5. The van der Waals surface area contributed by atoms with Gasteiger partial charge in [0, 0.05) is 12.1 Å². The number of methoxy groups -OCH3 is 1. The van der Waals surface area contributed by atoms with E-state index in [0.717, 1.165) is 6.07 Å². The normalized spacial score (nSPS) is 11.1. The number of non-ortho nitro benzene ring substituents is 1. The number of nitrogens with zero attached hydrogens (tertiary/aromatic N) is 1. The van der Waals surface area contributed by atoms with E-state index in [-0.39, 0.29) is 26.3 Å². The molecule has 0 atom stereocenters. The largest absolute Gasteiger partial charge is 0.495 e. The molecule has 0 spiro atoms. The number of rotatable bonds is 5. The maximum absolute atomic E-state index is 12.3. The molecule has 0 saturated heterocycles. The van der Waals surface area contributed by atoms with Gasteiger partial charge < -0.3 is 4.74 Å². The first-order valence-corrected chi connectivity index (χ1v) is 8.29. The van der Waals surface area contributed by atoms with Crippen molar-refractivity contribution in [2.75, 3.05) is 11.8 Å². The van der Waals surface area contributed by atoms with Crippen LogP contribution >= 0.6 is 23.2 Å². The minimum atomic E-state index is -4.02. The van der Waals surface area contributed by atoms with E-state index in [0.29, 0.717) is 5.75 Å². The fourth-order valence-corrected chi connectivity index (χ4v) is 3.36. The Bertz CT molecular complexity index is 871. The molecule has 0 heterocycles. The lowest BCUT2D eigenvalue weighted by Crippen LogP contribution is -2.13. The van der Waals surface area contributed by atoms with Crippen molar-refractivity contribution in [3.05, 3.63) is 56.6 Å². The zero-order valence-corrected chi connectivity index (χ0v) is 13.9. The summed E-state index contributed by atoms with van der Waals surface area (Å²) in [5, 5.41) is 10.9. The van der Waals surface area contributed by atoms with Gasteiger partial charge in [-0.2, -0.15) is 0 Å². The highest BCUT2D eigenvalue weighted by Crippen LogP contribution is 2.31. The summed E-state index contributed by atoms with van der Waals surface area (Å²) in [6.45, 7) is 0. The summed E-state index contributed by atoms with van der Waals surface area (Å²) >= 11 is 11.8. The predicted molar refractivity (Wildman–Crippen MR) is 86.9 cm³/mol. The Labute approximate surface area is 142 Å². The number of benzene rings is 2. The lowest BCUT2D eigenvalue weighted by Gasteiger charge is -2.11. The lowest BCUT2D eigenvalue weighted by atomic mass is 10.3. The summed E-state index contributed by atoms with van der Waals surface area (Å²) in [4.78, 5) is 9.98. The highest BCUT2D eigenvalue weighted by molar-refractivity contribution is 7.92. The van der Waals surface area contributed by atoms with E-state index < -0.39 is 14.9 Å². The summed E-state index contributed by atoms with van der Waals surface area (Å²) in [7, 11) is -2.62. The van der Waals surface area contributed by atoms with Gasteiger partial charge in [-0.05, 0) is 24.3 Å². The van der Waals surface area contributed by atoms with Crippen molar-refractivity contribution in [3.63, 3.8) is 0 Å². The molecule has 1 N–H and O–H groups in total. The van der Waals surface area contributed by atoms with Crippen LogP contribution in [0.15, 0.2) is 41.3 Å². The van der Waals surface area contributed by atoms with Crippen LogP contribution in [-0.2, 0) is 10.0 Å². The van der Waals surface area contributed by atoms with E-state index >= 15 is 0 Å². The van der Waals surface area contributed by atoms with Crippen LogP contribution in [0.25, 0.3) is 0 Å². The number of nitrogens with one attached hydrogen (secondary N) is 1. The molecule has 0 amide bonds. The zero-order chi connectivity index (χ0) is 17.2. The van der Waals surface area contributed by atoms with Gasteiger partial charge in [-0.25, -0.2) is 8.42 Å². The van der Waals surface area contributed by atoms with E-state index in [4.69, 9.17) is 27.9 Å². The van der Waals surface area contributed by atoms with E-state index in [1.54, 1.807) is 0 Å². The molecule has 7 nitrogen and oxygen atoms in total. The van der Waals surface area contributed by atoms with Crippen LogP contribution in [0.3, 0.4) is 0 Å². The fraction of sp³-hybridized carbons (Fsp3) is 0.0769. The minimum absolute atomic E-state index is 0.0267. The Balaban J connectivity index is 2.40. The molecular weight excluding hydrogens is 367 g/mol. The first-order chi connectivity index (χ1) is 10.7. The van der Waals surface area contributed by atoms with E-state index in [1.807, 2.05) is 0 Å². The van der Waals surface area contributed by atoms with Crippen molar-refractivity contribution >= 4 is 44.6 Å². The van der Waals surface area contributed by atoms with E-state index in [2.05, 4.69) is 4.72 Å². The second-order valence-corrected chi connectivity index (χ2v) is 6.82. The van der Waals surface area contributed by atoms with Crippen LogP contribution < -0.4 is 9.46 Å². The summed E-state index contributed by atoms with van der Waals surface area (Å²) in [5.74, 6) is 0.319. The Morgan fingerprint density at radius 2 is 1.83 bits per heavy atom. The van der Waals surface area contributed by atoms with Gasteiger partial charge >= 0.3 is 0 Å². The Morgan fingerprint density at radius 1 is 1.13 bits per heavy atom. The van der Waals surface area contributed by atoms with Crippen LogP contribution in [0.4, 0.5) is 11.4 Å². The molecule has 0 aliphatic rings. The number of halogens is 2. The molecule has 0 bridgehead atoms. The van der Waals surface area contributed by atoms with E-state index in [1.165, 1.54) is 37.4 Å². The van der Waals surface area contributed by atoms with Crippen LogP contribution in [0, 0.1) is 10.1 Å². The van der Waals surface area contributed by atoms with Crippen molar-refractivity contribution in [3.8, 4) is 5.75 Å². The number of nitro groups is 1. The number of ether oxygens (including phenoxy) is 1. The molecule has 2 aromatic carbocycles. The maximum Gasteiger partial charge on any atom is 0.271 e. The first-order valence-electron chi connectivity index (χ1n) is 6.05. The quantitative estimate of drug-likeness (QED) is 0.633. The number of hydrogen-bond acceptors (Lipinski definition) is 5. The summed E-state index contributed by atoms with van der Waals surface area (Å²) in [5.41, 5.74) is -0.396. The molecule has 0 fully saturated rings. The SMILES string of the molecule is COc1ccc(S(=O)(=O)Nc2cc([N+](=O)[O-])ccc2Cl)cc1Cl. The second-order valence-electron chi connectivity index (χ2n) is 4.32. The monoisotopic (exact) mass is 376 g/mol. The van der Waals surface area contributed by atoms with Gasteiger partial charge in [0.15, 0.2) is 0 Å². The summed E-state index contributed by atoms with van der Waals surface area (Å²) in [6, 6.07) is 7.33. The topological polar surface area (TPSA) is 98.5 Å². The Morgan fingerprint density at radius 3 is 2.39 bits per heavy atom. The average Bonchev–Trinajstić information content (AvgIpc) is 2.49. The highest BCUT2D eigenvalue weighted by Gasteiger charge is 2.19.